The fourth-order valence-electron chi connectivity index (χ4n) is 3.32. The van der Waals surface area contributed by atoms with Gasteiger partial charge in [-0.15, -0.1) is 0 Å². The average molecular weight is 357 g/mol. The van der Waals surface area contributed by atoms with Gasteiger partial charge in [-0.3, -0.25) is 0 Å². The summed E-state index contributed by atoms with van der Waals surface area (Å²) in [5.74, 6) is 0.810. The maximum absolute atomic E-state index is 6.20. The fourth-order valence-corrected chi connectivity index (χ4v) is 3.51. The lowest BCUT2D eigenvalue weighted by Crippen LogP contribution is -2.37. The summed E-state index contributed by atoms with van der Waals surface area (Å²) >= 11 is 6.20. The summed E-state index contributed by atoms with van der Waals surface area (Å²) in [7, 11) is 0. The molecule has 4 heteroatoms. The van der Waals surface area contributed by atoms with E-state index in [2.05, 4.69) is 28.7 Å². The van der Waals surface area contributed by atoms with Gasteiger partial charge in [-0.1, -0.05) is 72.4 Å². The molecule has 0 unspecified atom stereocenters. The third-order valence-electron chi connectivity index (χ3n) is 4.55. The van der Waals surface area contributed by atoms with Crippen LogP contribution in [0.25, 0.3) is 11.1 Å². The maximum atomic E-state index is 6.20. The van der Waals surface area contributed by atoms with Crippen molar-refractivity contribution in [3.63, 3.8) is 0 Å². The molecule has 0 amide bonds. The highest BCUT2D eigenvalue weighted by Gasteiger charge is 2.18. The second-order valence-electron chi connectivity index (χ2n) is 6.39. The lowest BCUT2D eigenvalue weighted by atomic mass is 9.94. The summed E-state index contributed by atoms with van der Waals surface area (Å²) in [5, 5.41) is 8.74. The summed E-state index contributed by atoms with van der Waals surface area (Å²) in [6, 6.07) is 16.6. The molecule has 0 radical (unpaired) electrons. The van der Waals surface area contributed by atoms with Crippen LogP contribution in [0.3, 0.4) is 0 Å². The van der Waals surface area contributed by atoms with Crippen molar-refractivity contribution < 1.29 is 4.84 Å². The van der Waals surface area contributed by atoms with Gasteiger partial charge in [0.1, 0.15) is 6.61 Å². The monoisotopic (exact) mass is 356 g/mol. The van der Waals surface area contributed by atoms with Crippen LogP contribution in [-0.2, 0) is 4.84 Å². The van der Waals surface area contributed by atoms with Gasteiger partial charge < -0.3 is 10.2 Å². The largest absolute Gasteiger partial charge is 0.394 e. The van der Waals surface area contributed by atoms with E-state index in [0.717, 1.165) is 27.5 Å². The quantitative estimate of drug-likeness (QED) is 0.428. The van der Waals surface area contributed by atoms with Gasteiger partial charge in [0.05, 0.1) is 0 Å². The van der Waals surface area contributed by atoms with Crippen molar-refractivity contribution in [2.45, 2.75) is 45.1 Å². The molecule has 2 aromatic rings. The predicted molar refractivity (Wildman–Crippen MR) is 105 cm³/mol. The van der Waals surface area contributed by atoms with E-state index in [0.29, 0.717) is 12.6 Å². The highest BCUT2D eigenvalue weighted by molar-refractivity contribution is 6.30. The van der Waals surface area contributed by atoms with Crippen LogP contribution in [0, 0.1) is 0 Å². The van der Waals surface area contributed by atoms with Gasteiger partial charge in [-0.2, -0.15) is 0 Å². The van der Waals surface area contributed by atoms with Gasteiger partial charge in [-0.05, 0) is 43.0 Å². The molecule has 0 heterocycles. The summed E-state index contributed by atoms with van der Waals surface area (Å²) in [6.07, 6.45) is 6.25. The molecule has 0 bridgehead atoms. The third-order valence-corrected chi connectivity index (χ3v) is 4.78. The zero-order valence-corrected chi connectivity index (χ0v) is 15.4. The van der Waals surface area contributed by atoms with E-state index in [1.54, 1.807) is 0 Å². The minimum Gasteiger partial charge on any atom is -0.394 e. The molecule has 2 aromatic carbocycles. The molecule has 1 N–H and O–H groups in total. The molecule has 25 heavy (non-hydrogen) atoms. The Labute approximate surface area is 155 Å². The SMILES string of the molecule is CCON=C(NC1CCCCC1)c1ccccc1-c1cccc(Cl)c1. The normalized spacial score (nSPS) is 15.8. The van der Waals surface area contributed by atoms with Crippen molar-refractivity contribution >= 4 is 17.4 Å². The standard InChI is InChI=1S/C21H25ClN2O/c1-2-25-24-21(23-18-11-4-3-5-12-18)20-14-7-6-13-19(20)16-9-8-10-17(22)15-16/h6-10,13-15,18H,2-5,11-12H2,1H3,(H,23,24). The first-order chi connectivity index (χ1) is 12.3. The number of halogens is 1. The molecule has 3 rings (SSSR count). The van der Waals surface area contributed by atoms with E-state index in [4.69, 9.17) is 16.4 Å². The first-order valence-corrected chi connectivity index (χ1v) is 9.47. The highest BCUT2D eigenvalue weighted by atomic mass is 35.5. The fraction of sp³-hybridized carbons (Fsp3) is 0.381. The van der Waals surface area contributed by atoms with Gasteiger partial charge in [0, 0.05) is 16.6 Å². The van der Waals surface area contributed by atoms with E-state index >= 15 is 0 Å². The zero-order valence-electron chi connectivity index (χ0n) is 14.7. The Balaban J connectivity index is 1.95. The Hall–Kier alpha value is -2.00. The number of oxime groups is 1. The average Bonchev–Trinajstić information content (AvgIpc) is 2.66. The minimum absolute atomic E-state index is 0.459. The van der Waals surface area contributed by atoms with Crippen LogP contribution < -0.4 is 5.32 Å². The van der Waals surface area contributed by atoms with Gasteiger partial charge in [0.15, 0.2) is 5.84 Å². The van der Waals surface area contributed by atoms with Crippen LogP contribution in [0.4, 0.5) is 0 Å². The number of nitrogens with zero attached hydrogens (tertiary/aromatic N) is 1. The van der Waals surface area contributed by atoms with Crippen molar-refractivity contribution in [2.24, 2.45) is 5.16 Å². The van der Waals surface area contributed by atoms with Gasteiger partial charge in [-0.25, -0.2) is 0 Å². The molecule has 0 atom stereocenters. The van der Waals surface area contributed by atoms with E-state index in [9.17, 15) is 0 Å². The lowest BCUT2D eigenvalue weighted by Gasteiger charge is -2.25. The van der Waals surface area contributed by atoms with Crippen molar-refractivity contribution in [2.75, 3.05) is 6.61 Å². The Morgan fingerprint density at radius 3 is 2.68 bits per heavy atom. The second-order valence-corrected chi connectivity index (χ2v) is 6.83. The van der Waals surface area contributed by atoms with E-state index in [1.807, 2.05) is 37.3 Å². The van der Waals surface area contributed by atoms with Crippen LogP contribution in [-0.4, -0.2) is 18.5 Å². The second kappa shape index (κ2) is 8.91. The van der Waals surface area contributed by atoms with Gasteiger partial charge in [0.25, 0.3) is 0 Å². The molecular formula is C21H25ClN2O. The van der Waals surface area contributed by atoms with E-state index in [1.165, 1.54) is 32.1 Å². The Morgan fingerprint density at radius 1 is 1.12 bits per heavy atom. The predicted octanol–water partition coefficient (Wildman–Crippen LogP) is 5.63. The van der Waals surface area contributed by atoms with Crippen molar-refractivity contribution in [3.8, 4) is 11.1 Å². The molecule has 0 saturated heterocycles. The summed E-state index contributed by atoms with van der Waals surface area (Å²) < 4.78 is 0. The van der Waals surface area contributed by atoms with Crippen LogP contribution >= 0.6 is 11.6 Å². The molecule has 0 aliphatic heterocycles. The first kappa shape index (κ1) is 17.8. The number of rotatable bonds is 5. The van der Waals surface area contributed by atoms with Gasteiger partial charge in [0.2, 0.25) is 0 Å². The molecule has 1 saturated carbocycles. The zero-order chi connectivity index (χ0) is 17.5. The topological polar surface area (TPSA) is 33.6 Å². The van der Waals surface area contributed by atoms with Crippen LogP contribution in [0.5, 0.6) is 0 Å². The summed E-state index contributed by atoms with van der Waals surface area (Å²) in [5.41, 5.74) is 3.23. The molecule has 1 fully saturated rings. The number of amidine groups is 1. The molecule has 1 aliphatic rings. The van der Waals surface area contributed by atoms with Crippen molar-refractivity contribution in [1.82, 2.24) is 5.32 Å². The molecule has 3 nitrogen and oxygen atoms in total. The summed E-state index contributed by atoms with van der Waals surface area (Å²) in [6.45, 7) is 2.50. The molecule has 1 aliphatic carbocycles. The van der Waals surface area contributed by atoms with Crippen molar-refractivity contribution in [1.29, 1.82) is 0 Å². The molecule has 132 valence electrons. The Morgan fingerprint density at radius 2 is 1.92 bits per heavy atom. The van der Waals surface area contributed by atoms with Crippen LogP contribution in [0.2, 0.25) is 5.02 Å². The number of hydrogen-bond donors (Lipinski definition) is 1. The highest BCUT2D eigenvalue weighted by Crippen LogP contribution is 2.27. The molecule has 0 aromatic heterocycles. The first-order valence-electron chi connectivity index (χ1n) is 9.09. The number of hydrogen-bond acceptors (Lipinski definition) is 2. The van der Waals surface area contributed by atoms with Gasteiger partial charge >= 0.3 is 0 Å². The molecular weight excluding hydrogens is 332 g/mol. The van der Waals surface area contributed by atoms with Crippen LogP contribution in [0.1, 0.15) is 44.6 Å². The summed E-state index contributed by atoms with van der Waals surface area (Å²) in [4.78, 5) is 5.41. The smallest absolute Gasteiger partial charge is 0.173 e. The van der Waals surface area contributed by atoms with Crippen LogP contribution in [0.15, 0.2) is 53.7 Å². The number of benzene rings is 2. The number of nitrogens with one attached hydrogen (secondary N) is 1. The maximum Gasteiger partial charge on any atom is 0.173 e. The molecule has 0 spiro atoms. The van der Waals surface area contributed by atoms with E-state index < -0.39 is 0 Å². The van der Waals surface area contributed by atoms with E-state index in [-0.39, 0.29) is 0 Å². The Bertz CT molecular complexity index is 723. The Kier molecular flexibility index (Phi) is 6.35. The van der Waals surface area contributed by atoms with Crippen molar-refractivity contribution in [3.05, 3.63) is 59.1 Å². The third kappa shape index (κ3) is 4.76. The minimum atomic E-state index is 0.459. The lowest BCUT2D eigenvalue weighted by molar-refractivity contribution is 0.157.